The minimum absolute atomic E-state index is 0.0633. The Balaban J connectivity index is 2.50. The van der Waals surface area contributed by atoms with Gasteiger partial charge in [-0.1, -0.05) is 0 Å². The number of halogens is 1. The van der Waals surface area contributed by atoms with Crippen LogP contribution in [-0.4, -0.2) is 18.3 Å². The van der Waals surface area contributed by atoms with Gasteiger partial charge in [0.2, 0.25) is 0 Å². The Hall–Kier alpha value is -1.29. The van der Waals surface area contributed by atoms with E-state index in [-0.39, 0.29) is 17.2 Å². The van der Waals surface area contributed by atoms with Crippen LogP contribution in [0.15, 0.2) is 12.1 Å². The molecule has 1 saturated carbocycles. The molecular weight excluding hydrogens is 209 g/mol. The molecule has 4 heteroatoms. The number of phenolic OH excluding ortho intramolecular Hbond substituents is 1. The van der Waals surface area contributed by atoms with Crippen molar-refractivity contribution in [3.05, 3.63) is 23.5 Å². The van der Waals surface area contributed by atoms with E-state index < -0.39 is 5.82 Å². The summed E-state index contributed by atoms with van der Waals surface area (Å²) in [5.74, 6) is -0.183. The Morgan fingerprint density at radius 2 is 2.12 bits per heavy atom. The third kappa shape index (κ3) is 1.53. The Kier molecular flexibility index (Phi) is 2.54. The van der Waals surface area contributed by atoms with E-state index in [2.05, 4.69) is 0 Å². The van der Waals surface area contributed by atoms with Crippen LogP contribution in [0.25, 0.3) is 0 Å². The minimum Gasteiger partial charge on any atom is -0.507 e. The smallest absolute Gasteiger partial charge is 0.134 e. The number of hydrogen-bond donors (Lipinski definition) is 2. The molecule has 0 aliphatic heterocycles. The fourth-order valence-electron chi connectivity index (χ4n) is 2.25. The number of benzene rings is 1. The fourth-order valence-corrected chi connectivity index (χ4v) is 2.25. The number of phenols is 1. The van der Waals surface area contributed by atoms with Crippen molar-refractivity contribution in [2.24, 2.45) is 5.73 Å². The summed E-state index contributed by atoms with van der Waals surface area (Å²) in [6, 6.07) is 2.56. The lowest BCUT2D eigenvalue weighted by molar-refractivity contribution is 0.392. The topological polar surface area (TPSA) is 55.5 Å². The molecular formula is C12H16FNO2. The van der Waals surface area contributed by atoms with Crippen molar-refractivity contribution in [1.82, 2.24) is 0 Å². The molecule has 1 aliphatic rings. The highest BCUT2D eigenvalue weighted by Crippen LogP contribution is 2.54. The summed E-state index contributed by atoms with van der Waals surface area (Å²) >= 11 is 0. The molecule has 1 fully saturated rings. The maximum Gasteiger partial charge on any atom is 0.134 e. The molecule has 1 unspecified atom stereocenters. The molecule has 0 bridgehead atoms. The second-order valence-corrected chi connectivity index (χ2v) is 4.45. The van der Waals surface area contributed by atoms with Crippen molar-refractivity contribution < 1.29 is 14.2 Å². The molecule has 0 radical (unpaired) electrons. The number of rotatable bonds is 3. The first-order chi connectivity index (χ1) is 7.51. The third-order valence-electron chi connectivity index (χ3n) is 3.44. The van der Waals surface area contributed by atoms with Crippen molar-refractivity contribution in [1.29, 1.82) is 0 Å². The second-order valence-electron chi connectivity index (χ2n) is 4.45. The maximum absolute atomic E-state index is 13.9. The molecule has 0 amide bonds. The Labute approximate surface area is 94.0 Å². The zero-order valence-electron chi connectivity index (χ0n) is 9.46. The zero-order valence-corrected chi connectivity index (χ0v) is 9.46. The van der Waals surface area contributed by atoms with Gasteiger partial charge in [-0.3, -0.25) is 0 Å². The fraction of sp³-hybridized carbons (Fsp3) is 0.500. The molecule has 0 heterocycles. The lowest BCUT2D eigenvalue weighted by atomic mass is 9.88. The van der Waals surface area contributed by atoms with Gasteiger partial charge in [0.1, 0.15) is 17.3 Å². The highest BCUT2D eigenvalue weighted by molar-refractivity contribution is 5.48. The van der Waals surface area contributed by atoms with E-state index in [1.165, 1.54) is 19.2 Å². The average molecular weight is 225 g/mol. The Morgan fingerprint density at radius 1 is 1.50 bits per heavy atom. The first-order valence-corrected chi connectivity index (χ1v) is 5.34. The Morgan fingerprint density at radius 3 is 2.50 bits per heavy atom. The van der Waals surface area contributed by atoms with Crippen LogP contribution in [-0.2, 0) is 5.41 Å². The number of ether oxygens (including phenoxy) is 1. The predicted octanol–water partition coefficient (Wildman–Crippen LogP) is 1.92. The van der Waals surface area contributed by atoms with E-state index in [9.17, 15) is 9.50 Å². The highest BCUT2D eigenvalue weighted by Gasteiger charge is 2.50. The predicted molar refractivity (Wildman–Crippen MR) is 59.2 cm³/mol. The zero-order chi connectivity index (χ0) is 11.9. The highest BCUT2D eigenvalue weighted by atomic mass is 19.1. The van der Waals surface area contributed by atoms with Crippen LogP contribution in [0.5, 0.6) is 11.5 Å². The molecule has 0 aromatic heterocycles. The molecule has 1 aromatic rings. The third-order valence-corrected chi connectivity index (χ3v) is 3.44. The second kappa shape index (κ2) is 3.63. The maximum atomic E-state index is 13.9. The molecule has 16 heavy (non-hydrogen) atoms. The summed E-state index contributed by atoms with van der Waals surface area (Å²) in [5, 5.41) is 9.85. The average Bonchev–Trinajstić information content (AvgIpc) is 2.98. The van der Waals surface area contributed by atoms with Gasteiger partial charge in [0, 0.05) is 29.2 Å². The van der Waals surface area contributed by atoms with E-state index in [4.69, 9.17) is 10.5 Å². The Bertz CT molecular complexity index is 390. The largest absolute Gasteiger partial charge is 0.507 e. The van der Waals surface area contributed by atoms with Gasteiger partial charge in [-0.05, 0) is 19.8 Å². The van der Waals surface area contributed by atoms with E-state index >= 15 is 0 Å². The minimum atomic E-state index is -0.438. The molecule has 1 atom stereocenters. The molecule has 2 rings (SSSR count). The van der Waals surface area contributed by atoms with Gasteiger partial charge < -0.3 is 15.6 Å². The quantitative estimate of drug-likeness (QED) is 0.826. The van der Waals surface area contributed by atoms with Crippen LogP contribution < -0.4 is 10.5 Å². The van der Waals surface area contributed by atoms with Crippen LogP contribution in [0, 0.1) is 5.82 Å². The molecule has 3 N–H and O–H groups in total. The van der Waals surface area contributed by atoms with E-state index in [1.54, 1.807) is 0 Å². The number of hydrogen-bond acceptors (Lipinski definition) is 3. The molecule has 88 valence electrons. The van der Waals surface area contributed by atoms with Gasteiger partial charge in [-0.2, -0.15) is 0 Å². The molecule has 0 spiro atoms. The van der Waals surface area contributed by atoms with Crippen molar-refractivity contribution in [3.8, 4) is 11.5 Å². The molecule has 1 aliphatic carbocycles. The van der Waals surface area contributed by atoms with Gasteiger partial charge in [-0.25, -0.2) is 4.39 Å². The van der Waals surface area contributed by atoms with Crippen molar-refractivity contribution >= 4 is 0 Å². The summed E-state index contributed by atoms with van der Waals surface area (Å²) in [4.78, 5) is 0. The van der Waals surface area contributed by atoms with Crippen LogP contribution in [0.2, 0.25) is 0 Å². The number of methoxy groups -OCH3 is 1. The van der Waals surface area contributed by atoms with Gasteiger partial charge in [0.15, 0.2) is 0 Å². The van der Waals surface area contributed by atoms with Crippen LogP contribution in [0.3, 0.4) is 0 Å². The van der Waals surface area contributed by atoms with Gasteiger partial charge >= 0.3 is 0 Å². The lowest BCUT2D eigenvalue weighted by Gasteiger charge is -2.22. The first-order valence-electron chi connectivity index (χ1n) is 5.34. The van der Waals surface area contributed by atoms with Crippen LogP contribution >= 0.6 is 0 Å². The molecule has 3 nitrogen and oxygen atoms in total. The number of nitrogens with two attached hydrogens (primary N) is 1. The van der Waals surface area contributed by atoms with Crippen molar-refractivity contribution in [2.75, 3.05) is 7.11 Å². The summed E-state index contributed by atoms with van der Waals surface area (Å²) in [7, 11) is 1.44. The standard InChI is InChI=1S/C12H16FNO2/c1-7(14)12(3-4-12)11-9(13)5-8(16-2)6-10(11)15/h5-7,15H,3-4,14H2,1-2H3. The number of aromatic hydroxyl groups is 1. The van der Waals surface area contributed by atoms with Crippen molar-refractivity contribution in [2.45, 2.75) is 31.2 Å². The summed E-state index contributed by atoms with van der Waals surface area (Å²) in [6.07, 6.45) is 1.64. The normalized spacial score (nSPS) is 19.2. The molecule has 0 saturated heterocycles. The van der Waals surface area contributed by atoms with E-state index in [0.717, 1.165) is 12.8 Å². The first kappa shape index (κ1) is 11.2. The van der Waals surface area contributed by atoms with Crippen LogP contribution in [0.4, 0.5) is 4.39 Å². The van der Waals surface area contributed by atoms with Crippen LogP contribution in [0.1, 0.15) is 25.3 Å². The van der Waals surface area contributed by atoms with Gasteiger partial charge in [0.05, 0.1) is 7.11 Å². The van der Waals surface area contributed by atoms with E-state index in [1.807, 2.05) is 6.92 Å². The summed E-state index contributed by atoms with van der Waals surface area (Å²) < 4.78 is 18.8. The monoisotopic (exact) mass is 225 g/mol. The summed E-state index contributed by atoms with van der Waals surface area (Å²) in [5.41, 5.74) is 5.81. The van der Waals surface area contributed by atoms with E-state index in [0.29, 0.717) is 11.3 Å². The summed E-state index contributed by atoms with van der Waals surface area (Å²) in [6.45, 7) is 1.84. The SMILES string of the molecule is COc1cc(O)c(C2(C(C)N)CC2)c(F)c1. The van der Waals surface area contributed by atoms with Crippen molar-refractivity contribution in [3.63, 3.8) is 0 Å². The molecule has 1 aromatic carbocycles. The lowest BCUT2D eigenvalue weighted by Crippen LogP contribution is -2.32. The van der Waals surface area contributed by atoms with Gasteiger partial charge in [-0.15, -0.1) is 0 Å². The van der Waals surface area contributed by atoms with Gasteiger partial charge in [0.25, 0.3) is 0 Å².